The fourth-order valence-electron chi connectivity index (χ4n) is 1.88. The third-order valence-electron chi connectivity index (χ3n) is 2.84. The molecule has 1 aromatic rings. The van der Waals surface area contributed by atoms with Gasteiger partial charge in [0.15, 0.2) is 0 Å². The van der Waals surface area contributed by atoms with Gasteiger partial charge in [0, 0.05) is 18.8 Å². The Morgan fingerprint density at radius 2 is 2.00 bits per heavy atom. The van der Waals surface area contributed by atoms with Crippen molar-refractivity contribution in [3.63, 3.8) is 0 Å². The zero-order valence-corrected chi connectivity index (χ0v) is 10.2. The highest BCUT2D eigenvalue weighted by Crippen LogP contribution is 2.26. The van der Waals surface area contributed by atoms with Crippen LogP contribution >= 0.6 is 11.6 Å². The lowest BCUT2D eigenvalue weighted by Gasteiger charge is -2.26. The number of carbonyl (C=O) groups excluding carboxylic acids is 1. The number of likely N-dealkylation sites (tertiary alicyclic amines) is 1. The number of carbonyl (C=O) groups is 1. The van der Waals surface area contributed by atoms with Crippen molar-refractivity contribution in [3.8, 4) is 5.75 Å². The molecule has 2 amide bonds. The second-order valence-corrected chi connectivity index (χ2v) is 4.55. The number of nitrogens with one attached hydrogen (secondary N) is 1. The molecule has 0 spiro atoms. The molecular formula is C12H15ClN2O2. The molecule has 0 saturated carbocycles. The van der Waals surface area contributed by atoms with Crippen molar-refractivity contribution in [2.75, 3.05) is 18.4 Å². The van der Waals surface area contributed by atoms with Gasteiger partial charge in [-0.3, -0.25) is 0 Å². The van der Waals surface area contributed by atoms with Gasteiger partial charge < -0.3 is 15.3 Å². The number of aromatic hydroxyl groups is 1. The van der Waals surface area contributed by atoms with Gasteiger partial charge >= 0.3 is 6.03 Å². The number of phenolic OH excluding ortho intramolecular Hbond substituents is 1. The lowest BCUT2D eigenvalue weighted by Crippen LogP contribution is -2.38. The summed E-state index contributed by atoms with van der Waals surface area (Å²) in [6, 6.07) is 4.53. The number of amides is 2. The first-order chi connectivity index (χ1) is 8.16. The lowest BCUT2D eigenvalue weighted by molar-refractivity contribution is 0.200. The Kier molecular flexibility index (Phi) is 3.74. The third-order valence-corrected chi connectivity index (χ3v) is 3.14. The van der Waals surface area contributed by atoms with Gasteiger partial charge in [-0.25, -0.2) is 4.79 Å². The minimum atomic E-state index is -0.105. The van der Waals surface area contributed by atoms with Crippen molar-refractivity contribution in [1.29, 1.82) is 0 Å². The van der Waals surface area contributed by atoms with Gasteiger partial charge in [-0.1, -0.05) is 11.6 Å². The van der Waals surface area contributed by atoms with Gasteiger partial charge in [-0.2, -0.15) is 0 Å². The van der Waals surface area contributed by atoms with Crippen LogP contribution in [0.3, 0.4) is 0 Å². The SMILES string of the molecule is O=C(Nc1ccc(O)c(Cl)c1)N1CCCCC1. The van der Waals surface area contributed by atoms with Gasteiger partial charge in [0.2, 0.25) is 0 Å². The summed E-state index contributed by atoms with van der Waals surface area (Å²) in [7, 11) is 0. The molecule has 0 bridgehead atoms. The molecule has 4 nitrogen and oxygen atoms in total. The molecule has 92 valence electrons. The number of benzene rings is 1. The van der Waals surface area contributed by atoms with Crippen LogP contribution in [0.15, 0.2) is 18.2 Å². The summed E-state index contributed by atoms with van der Waals surface area (Å²) in [4.78, 5) is 13.7. The number of rotatable bonds is 1. The number of hydrogen-bond acceptors (Lipinski definition) is 2. The van der Waals surface area contributed by atoms with Crippen molar-refractivity contribution in [2.45, 2.75) is 19.3 Å². The molecule has 5 heteroatoms. The zero-order valence-electron chi connectivity index (χ0n) is 9.45. The smallest absolute Gasteiger partial charge is 0.321 e. The Hall–Kier alpha value is -1.42. The molecule has 0 unspecified atom stereocenters. The van der Waals surface area contributed by atoms with Crippen LogP contribution in [0, 0.1) is 0 Å². The number of piperidine rings is 1. The standard InChI is InChI=1S/C12H15ClN2O2/c13-10-8-9(4-5-11(10)16)14-12(17)15-6-2-1-3-7-15/h4-5,8,16H,1-3,6-7H2,(H,14,17). The summed E-state index contributed by atoms with van der Waals surface area (Å²) in [6.07, 6.45) is 3.31. The Morgan fingerprint density at radius 3 is 2.65 bits per heavy atom. The zero-order chi connectivity index (χ0) is 12.3. The summed E-state index contributed by atoms with van der Waals surface area (Å²) in [5.74, 6) is 0.0163. The monoisotopic (exact) mass is 254 g/mol. The van der Waals surface area contributed by atoms with Crippen molar-refractivity contribution in [2.24, 2.45) is 0 Å². The molecule has 0 aliphatic carbocycles. The van der Waals surface area contributed by atoms with E-state index in [-0.39, 0.29) is 16.8 Å². The first-order valence-electron chi connectivity index (χ1n) is 5.71. The van der Waals surface area contributed by atoms with Crippen molar-refractivity contribution >= 4 is 23.3 Å². The highest BCUT2D eigenvalue weighted by Gasteiger charge is 2.16. The number of halogens is 1. The normalized spacial score (nSPS) is 15.7. The molecule has 1 aliphatic rings. The topological polar surface area (TPSA) is 52.6 Å². The van der Waals surface area contributed by atoms with E-state index >= 15 is 0 Å². The average molecular weight is 255 g/mol. The Labute approximate surface area is 105 Å². The molecular weight excluding hydrogens is 240 g/mol. The predicted octanol–water partition coefficient (Wildman–Crippen LogP) is 3.06. The maximum Gasteiger partial charge on any atom is 0.321 e. The maximum absolute atomic E-state index is 11.9. The maximum atomic E-state index is 11.9. The van der Waals surface area contributed by atoms with Gasteiger partial charge in [0.25, 0.3) is 0 Å². The van der Waals surface area contributed by atoms with Crippen LogP contribution in [0.5, 0.6) is 5.75 Å². The molecule has 0 atom stereocenters. The quantitative estimate of drug-likeness (QED) is 0.757. The molecule has 1 saturated heterocycles. The van der Waals surface area contributed by atoms with Crippen LogP contribution in [-0.2, 0) is 0 Å². The Morgan fingerprint density at radius 1 is 1.29 bits per heavy atom. The number of phenols is 1. The van der Waals surface area contributed by atoms with Gasteiger partial charge in [0.1, 0.15) is 5.75 Å². The summed E-state index contributed by atoms with van der Waals surface area (Å²) in [5.41, 5.74) is 0.600. The molecule has 1 aliphatic heterocycles. The summed E-state index contributed by atoms with van der Waals surface area (Å²) in [5, 5.41) is 12.3. The van der Waals surface area contributed by atoms with Gasteiger partial charge in [0.05, 0.1) is 5.02 Å². The summed E-state index contributed by atoms with van der Waals surface area (Å²) >= 11 is 5.77. The molecule has 1 fully saturated rings. The van der Waals surface area contributed by atoms with E-state index in [4.69, 9.17) is 11.6 Å². The molecule has 0 radical (unpaired) electrons. The fourth-order valence-corrected chi connectivity index (χ4v) is 2.06. The molecule has 2 rings (SSSR count). The Balaban J connectivity index is 1.99. The number of hydrogen-bond donors (Lipinski definition) is 2. The molecule has 1 heterocycles. The van der Waals surface area contributed by atoms with Crippen LogP contribution in [0.25, 0.3) is 0 Å². The Bertz CT molecular complexity index is 417. The van der Waals surface area contributed by atoms with E-state index in [0.29, 0.717) is 5.69 Å². The van der Waals surface area contributed by atoms with Crippen LogP contribution in [0.1, 0.15) is 19.3 Å². The van der Waals surface area contributed by atoms with E-state index in [2.05, 4.69) is 5.32 Å². The fraction of sp³-hybridized carbons (Fsp3) is 0.417. The van der Waals surface area contributed by atoms with Crippen LogP contribution in [0.2, 0.25) is 5.02 Å². The summed E-state index contributed by atoms with van der Waals surface area (Å²) < 4.78 is 0. The average Bonchev–Trinajstić information content (AvgIpc) is 2.35. The predicted molar refractivity (Wildman–Crippen MR) is 67.6 cm³/mol. The minimum absolute atomic E-state index is 0.0163. The molecule has 17 heavy (non-hydrogen) atoms. The van der Waals surface area contributed by atoms with Crippen LogP contribution in [-0.4, -0.2) is 29.1 Å². The van der Waals surface area contributed by atoms with Crippen LogP contribution in [0.4, 0.5) is 10.5 Å². The first kappa shape index (κ1) is 12.0. The first-order valence-corrected chi connectivity index (χ1v) is 6.09. The highest BCUT2D eigenvalue weighted by atomic mass is 35.5. The van der Waals surface area contributed by atoms with E-state index in [1.165, 1.54) is 12.5 Å². The lowest BCUT2D eigenvalue weighted by atomic mass is 10.1. The van der Waals surface area contributed by atoms with Crippen molar-refractivity contribution < 1.29 is 9.90 Å². The van der Waals surface area contributed by atoms with Crippen LogP contribution < -0.4 is 5.32 Å². The van der Waals surface area contributed by atoms with E-state index in [0.717, 1.165) is 25.9 Å². The van der Waals surface area contributed by atoms with E-state index in [9.17, 15) is 9.90 Å². The van der Waals surface area contributed by atoms with E-state index in [1.54, 1.807) is 17.0 Å². The molecule has 2 N–H and O–H groups in total. The number of urea groups is 1. The second kappa shape index (κ2) is 5.27. The largest absolute Gasteiger partial charge is 0.506 e. The molecule has 1 aromatic carbocycles. The number of anilines is 1. The minimum Gasteiger partial charge on any atom is -0.506 e. The third kappa shape index (κ3) is 3.03. The van der Waals surface area contributed by atoms with Crippen molar-refractivity contribution in [3.05, 3.63) is 23.2 Å². The second-order valence-electron chi connectivity index (χ2n) is 4.14. The van der Waals surface area contributed by atoms with Gasteiger partial charge in [-0.05, 0) is 37.5 Å². The molecule has 0 aromatic heterocycles. The van der Waals surface area contributed by atoms with Gasteiger partial charge in [-0.15, -0.1) is 0 Å². The number of nitrogens with zero attached hydrogens (tertiary/aromatic N) is 1. The van der Waals surface area contributed by atoms with Crippen molar-refractivity contribution in [1.82, 2.24) is 4.90 Å². The van der Waals surface area contributed by atoms with E-state index < -0.39 is 0 Å². The van der Waals surface area contributed by atoms with E-state index in [1.807, 2.05) is 0 Å². The summed E-state index contributed by atoms with van der Waals surface area (Å²) in [6.45, 7) is 1.61. The highest BCUT2D eigenvalue weighted by molar-refractivity contribution is 6.32.